The molecule has 0 aromatic heterocycles. The summed E-state index contributed by atoms with van der Waals surface area (Å²) in [6.45, 7) is 3.83. The van der Waals surface area contributed by atoms with Gasteiger partial charge in [-0.25, -0.2) is 0 Å². The van der Waals surface area contributed by atoms with E-state index in [0.29, 0.717) is 22.5 Å². The van der Waals surface area contributed by atoms with E-state index in [0.717, 1.165) is 16.8 Å². The smallest absolute Gasteiger partial charge is 0.257 e. The first-order valence-electron chi connectivity index (χ1n) is 9.75. The van der Waals surface area contributed by atoms with Gasteiger partial charge in [-0.3, -0.25) is 14.4 Å². The third kappa shape index (κ3) is 5.48. The van der Waals surface area contributed by atoms with Crippen LogP contribution in [0, 0.1) is 13.8 Å². The molecular weight excluding hydrogens is 392 g/mol. The molecule has 7 heteroatoms. The molecule has 3 amide bonds. The monoisotopic (exact) mass is 416 g/mol. The van der Waals surface area contributed by atoms with E-state index < -0.39 is 11.8 Å². The lowest BCUT2D eigenvalue weighted by atomic mass is 10.1. The van der Waals surface area contributed by atoms with Gasteiger partial charge in [0.05, 0.1) is 17.8 Å². The van der Waals surface area contributed by atoms with Crippen molar-refractivity contribution < 1.29 is 14.4 Å². The van der Waals surface area contributed by atoms with Crippen LogP contribution >= 0.6 is 0 Å². The molecule has 5 N–H and O–H groups in total. The van der Waals surface area contributed by atoms with Crippen molar-refractivity contribution in [2.45, 2.75) is 13.8 Å². The summed E-state index contributed by atoms with van der Waals surface area (Å²) in [6, 6.07) is 19.6. The molecule has 0 spiro atoms. The number of para-hydroxylation sites is 1. The highest BCUT2D eigenvalue weighted by molar-refractivity contribution is 6.08. The van der Waals surface area contributed by atoms with Crippen LogP contribution in [0.2, 0.25) is 0 Å². The second-order valence-corrected chi connectivity index (χ2v) is 7.10. The zero-order valence-electron chi connectivity index (χ0n) is 17.4. The fraction of sp³-hybridized carbons (Fsp3) is 0.125. The number of amides is 3. The molecule has 0 fully saturated rings. The number of nitrogens with two attached hydrogens (primary N) is 1. The van der Waals surface area contributed by atoms with Gasteiger partial charge in [0.15, 0.2) is 0 Å². The Kier molecular flexibility index (Phi) is 6.67. The molecule has 0 heterocycles. The Balaban J connectivity index is 1.73. The van der Waals surface area contributed by atoms with Crippen molar-refractivity contribution in [2.24, 2.45) is 5.73 Å². The summed E-state index contributed by atoms with van der Waals surface area (Å²) in [4.78, 5) is 35.6. The van der Waals surface area contributed by atoms with Crippen LogP contribution in [0.5, 0.6) is 0 Å². The summed E-state index contributed by atoms with van der Waals surface area (Å²) < 4.78 is 0. The summed E-state index contributed by atoms with van der Waals surface area (Å²) in [7, 11) is 0. The molecule has 0 bridgehead atoms. The van der Waals surface area contributed by atoms with Crippen LogP contribution in [0.4, 0.5) is 17.1 Å². The lowest BCUT2D eigenvalue weighted by Crippen LogP contribution is -2.33. The van der Waals surface area contributed by atoms with Crippen molar-refractivity contribution in [3.05, 3.63) is 89.0 Å². The molecule has 0 unspecified atom stereocenters. The van der Waals surface area contributed by atoms with Crippen LogP contribution in [0.1, 0.15) is 31.8 Å². The number of carbonyl (C=O) groups excluding carboxylic acids is 3. The summed E-state index contributed by atoms with van der Waals surface area (Å²) in [5.41, 5.74) is 10.3. The number of carbonyl (C=O) groups is 3. The molecule has 0 aliphatic rings. The van der Waals surface area contributed by atoms with Gasteiger partial charge in [0.25, 0.3) is 11.8 Å². The van der Waals surface area contributed by atoms with Gasteiger partial charge in [-0.15, -0.1) is 0 Å². The number of hydrogen-bond acceptors (Lipinski definition) is 4. The highest BCUT2D eigenvalue weighted by Gasteiger charge is 2.13. The molecular formula is C24H24N4O3. The topological polar surface area (TPSA) is 113 Å². The Hall–Kier alpha value is -4.13. The number of aryl methyl sites for hydroxylation is 1. The van der Waals surface area contributed by atoms with Crippen LogP contribution < -0.4 is 21.7 Å². The Morgan fingerprint density at radius 3 is 2.19 bits per heavy atom. The van der Waals surface area contributed by atoms with Crippen LogP contribution in [-0.2, 0) is 4.79 Å². The van der Waals surface area contributed by atoms with Crippen LogP contribution in [0.3, 0.4) is 0 Å². The normalized spacial score (nSPS) is 10.3. The largest absolute Gasteiger partial charge is 0.368 e. The van der Waals surface area contributed by atoms with Gasteiger partial charge in [0.2, 0.25) is 5.91 Å². The predicted molar refractivity (Wildman–Crippen MR) is 122 cm³/mol. The lowest BCUT2D eigenvalue weighted by molar-refractivity contribution is -0.117. The van der Waals surface area contributed by atoms with Crippen molar-refractivity contribution in [3.63, 3.8) is 0 Å². The second kappa shape index (κ2) is 9.58. The van der Waals surface area contributed by atoms with Gasteiger partial charge in [0.1, 0.15) is 0 Å². The average molecular weight is 416 g/mol. The highest BCUT2D eigenvalue weighted by Crippen LogP contribution is 2.26. The van der Waals surface area contributed by atoms with Gasteiger partial charge < -0.3 is 21.7 Å². The molecule has 158 valence electrons. The van der Waals surface area contributed by atoms with Gasteiger partial charge >= 0.3 is 0 Å². The number of rotatable bonds is 7. The molecule has 3 aromatic carbocycles. The van der Waals surface area contributed by atoms with E-state index in [1.54, 1.807) is 36.4 Å². The van der Waals surface area contributed by atoms with Gasteiger partial charge in [0, 0.05) is 16.9 Å². The molecule has 0 atom stereocenters. The molecule has 0 saturated heterocycles. The van der Waals surface area contributed by atoms with Crippen LogP contribution in [-0.4, -0.2) is 24.3 Å². The van der Waals surface area contributed by atoms with Crippen molar-refractivity contribution in [1.29, 1.82) is 0 Å². The number of anilines is 3. The molecule has 0 radical (unpaired) electrons. The maximum atomic E-state index is 12.9. The Morgan fingerprint density at radius 2 is 1.48 bits per heavy atom. The number of primary amides is 1. The third-order valence-corrected chi connectivity index (χ3v) is 4.87. The average Bonchev–Trinajstić information content (AvgIpc) is 2.76. The number of hydrogen-bond donors (Lipinski definition) is 4. The standard InChI is InChI=1S/C24H24N4O3/c1-15-6-5-9-20(16(15)2)28-21-8-4-3-7-19(21)24(31)27-18-12-10-17(11-13-18)23(30)26-14-22(25)29/h3-13,28H,14H2,1-2H3,(H2,25,29)(H,26,30)(H,27,31). The molecule has 7 nitrogen and oxygen atoms in total. The molecule has 3 aromatic rings. The van der Waals surface area contributed by atoms with Gasteiger partial charge in [-0.1, -0.05) is 24.3 Å². The zero-order chi connectivity index (χ0) is 22.4. The Labute approximate surface area is 180 Å². The SMILES string of the molecule is Cc1cccc(Nc2ccccc2C(=O)Nc2ccc(C(=O)NCC(N)=O)cc2)c1C. The summed E-state index contributed by atoms with van der Waals surface area (Å²) in [5.74, 6) is -1.32. The van der Waals surface area contributed by atoms with E-state index in [1.807, 2.05) is 44.2 Å². The van der Waals surface area contributed by atoms with Crippen molar-refractivity contribution >= 4 is 34.8 Å². The first-order valence-corrected chi connectivity index (χ1v) is 9.75. The number of nitrogens with one attached hydrogen (secondary N) is 3. The predicted octanol–water partition coefficient (Wildman–Crippen LogP) is 3.51. The second-order valence-electron chi connectivity index (χ2n) is 7.10. The van der Waals surface area contributed by atoms with E-state index in [-0.39, 0.29) is 12.5 Å². The lowest BCUT2D eigenvalue weighted by Gasteiger charge is -2.15. The van der Waals surface area contributed by atoms with Crippen molar-refractivity contribution in [3.8, 4) is 0 Å². The number of benzene rings is 3. The van der Waals surface area contributed by atoms with E-state index in [1.165, 1.54) is 0 Å². The zero-order valence-corrected chi connectivity index (χ0v) is 17.4. The maximum absolute atomic E-state index is 12.9. The highest BCUT2D eigenvalue weighted by atomic mass is 16.2. The Morgan fingerprint density at radius 1 is 0.806 bits per heavy atom. The van der Waals surface area contributed by atoms with E-state index >= 15 is 0 Å². The summed E-state index contributed by atoms with van der Waals surface area (Å²) in [5, 5.41) is 8.60. The Bertz CT molecular complexity index is 1120. The summed E-state index contributed by atoms with van der Waals surface area (Å²) >= 11 is 0. The fourth-order valence-corrected chi connectivity index (χ4v) is 2.99. The first-order chi connectivity index (χ1) is 14.8. The van der Waals surface area contributed by atoms with E-state index in [4.69, 9.17) is 5.73 Å². The molecule has 31 heavy (non-hydrogen) atoms. The van der Waals surface area contributed by atoms with Crippen LogP contribution in [0.15, 0.2) is 66.7 Å². The minimum Gasteiger partial charge on any atom is -0.368 e. The molecule has 3 rings (SSSR count). The van der Waals surface area contributed by atoms with E-state index in [9.17, 15) is 14.4 Å². The fourth-order valence-electron chi connectivity index (χ4n) is 2.99. The quantitative estimate of drug-likeness (QED) is 0.472. The van der Waals surface area contributed by atoms with E-state index in [2.05, 4.69) is 16.0 Å². The van der Waals surface area contributed by atoms with Crippen molar-refractivity contribution in [2.75, 3.05) is 17.2 Å². The minimum atomic E-state index is -0.620. The van der Waals surface area contributed by atoms with Gasteiger partial charge in [-0.05, 0) is 67.4 Å². The van der Waals surface area contributed by atoms with Crippen molar-refractivity contribution in [1.82, 2.24) is 5.32 Å². The summed E-state index contributed by atoms with van der Waals surface area (Å²) in [6.07, 6.45) is 0. The minimum absolute atomic E-state index is 0.235. The maximum Gasteiger partial charge on any atom is 0.257 e. The van der Waals surface area contributed by atoms with Gasteiger partial charge in [-0.2, -0.15) is 0 Å². The van der Waals surface area contributed by atoms with Crippen LogP contribution in [0.25, 0.3) is 0 Å². The third-order valence-electron chi connectivity index (χ3n) is 4.87. The first kappa shape index (κ1) is 21.6. The molecule has 0 aliphatic carbocycles. The molecule has 0 saturated carbocycles. The molecule has 0 aliphatic heterocycles.